The van der Waals surface area contributed by atoms with E-state index in [-0.39, 0.29) is 5.84 Å². The molecule has 90 valence electrons. The van der Waals surface area contributed by atoms with Crippen molar-refractivity contribution in [2.24, 2.45) is 10.9 Å². The summed E-state index contributed by atoms with van der Waals surface area (Å²) in [5, 5.41) is 20.3. The van der Waals surface area contributed by atoms with E-state index in [1.165, 1.54) is 0 Å². The molecule has 7 heteroatoms. The first-order valence-electron chi connectivity index (χ1n) is 5.20. The third-order valence-corrected chi connectivity index (χ3v) is 3.25. The fraction of sp³-hybridized carbons (Fsp3) is 0.300. The number of amidine groups is 1. The predicted octanol–water partition coefficient (Wildman–Crippen LogP) is 1.35. The van der Waals surface area contributed by atoms with Crippen molar-refractivity contribution in [3.63, 3.8) is 0 Å². The molecule has 0 fully saturated rings. The van der Waals surface area contributed by atoms with Crippen LogP contribution in [0.2, 0.25) is 0 Å². The van der Waals surface area contributed by atoms with Crippen LogP contribution in [0, 0.1) is 0 Å². The molecule has 0 aliphatic rings. The van der Waals surface area contributed by atoms with Gasteiger partial charge in [0.1, 0.15) is 5.84 Å². The Labute approximate surface area is 103 Å². The van der Waals surface area contributed by atoms with E-state index < -0.39 is 0 Å². The van der Waals surface area contributed by atoms with E-state index in [4.69, 9.17) is 10.9 Å². The van der Waals surface area contributed by atoms with E-state index in [0.29, 0.717) is 6.42 Å². The first-order valence-corrected chi connectivity index (χ1v) is 6.19. The summed E-state index contributed by atoms with van der Waals surface area (Å²) < 4.78 is 1.94. The summed E-state index contributed by atoms with van der Waals surface area (Å²) in [6.07, 6.45) is 3.35. The molecule has 0 aliphatic carbocycles. The number of thioether (sulfide) groups is 1. The van der Waals surface area contributed by atoms with Gasteiger partial charge in [-0.2, -0.15) is 0 Å². The minimum atomic E-state index is 0.261. The highest BCUT2D eigenvalue weighted by Gasteiger charge is 2.04. The number of aromatic nitrogens is 3. The molecule has 0 unspecified atom stereocenters. The van der Waals surface area contributed by atoms with Crippen LogP contribution < -0.4 is 5.73 Å². The minimum Gasteiger partial charge on any atom is -0.409 e. The molecule has 6 nitrogen and oxygen atoms in total. The van der Waals surface area contributed by atoms with Gasteiger partial charge < -0.3 is 10.9 Å². The van der Waals surface area contributed by atoms with Crippen molar-refractivity contribution in [1.82, 2.24) is 14.6 Å². The summed E-state index contributed by atoms with van der Waals surface area (Å²) in [6.45, 7) is 0. The molecule has 2 rings (SSSR count). The molecule has 0 radical (unpaired) electrons. The first kappa shape index (κ1) is 11.7. The van der Waals surface area contributed by atoms with E-state index in [2.05, 4.69) is 15.4 Å². The van der Waals surface area contributed by atoms with Crippen molar-refractivity contribution in [1.29, 1.82) is 0 Å². The smallest absolute Gasteiger partial charge is 0.195 e. The molecule has 0 aliphatic heterocycles. The maximum Gasteiger partial charge on any atom is 0.195 e. The van der Waals surface area contributed by atoms with Crippen molar-refractivity contribution < 1.29 is 5.21 Å². The summed E-state index contributed by atoms with van der Waals surface area (Å²) in [5.74, 6) is 1.11. The first-order chi connectivity index (χ1) is 8.31. The predicted molar refractivity (Wildman–Crippen MR) is 66.4 cm³/mol. The molecule has 17 heavy (non-hydrogen) atoms. The number of nitrogens with zero attached hydrogens (tertiary/aromatic N) is 4. The van der Waals surface area contributed by atoms with Gasteiger partial charge in [-0.3, -0.25) is 4.40 Å². The highest BCUT2D eigenvalue weighted by Crippen LogP contribution is 2.17. The van der Waals surface area contributed by atoms with Crippen LogP contribution in [0.1, 0.15) is 12.8 Å². The topological polar surface area (TPSA) is 88.8 Å². The molecule has 0 aromatic carbocycles. The molecule has 3 N–H and O–H groups in total. The van der Waals surface area contributed by atoms with Crippen molar-refractivity contribution in [2.75, 3.05) is 5.75 Å². The lowest BCUT2D eigenvalue weighted by molar-refractivity contribution is 0.317. The van der Waals surface area contributed by atoms with Crippen LogP contribution in [0.15, 0.2) is 34.7 Å². The second-order valence-electron chi connectivity index (χ2n) is 3.45. The van der Waals surface area contributed by atoms with E-state index in [1.807, 2.05) is 28.8 Å². The fourth-order valence-electron chi connectivity index (χ4n) is 1.38. The van der Waals surface area contributed by atoms with Gasteiger partial charge in [0.15, 0.2) is 10.8 Å². The molecule has 2 heterocycles. The van der Waals surface area contributed by atoms with Gasteiger partial charge in [-0.15, -0.1) is 10.2 Å². The number of oxime groups is 1. The zero-order valence-electron chi connectivity index (χ0n) is 9.15. The Morgan fingerprint density at radius 2 is 2.35 bits per heavy atom. The van der Waals surface area contributed by atoms with E-state index in [1.54, 1.807) is 11.8 Å². The molecule has 0 saturated carbocycles. The summed E-state index contributed by atoms with van der Waals surface area (Å²) in [7, 11) is 0. The van der Waals surface area contributed by atoms with Crippen molar-refractivity contribution in [3.05, 3.63) is 24.4 Å². The van der Waals surface area contributed by atoms with Crippen LogP contribution in [0.4, 0.5) is 0 Å². The standard InChI is InChI=1S/C10H13N5OS/c11-8(14-16)4-3-7-17-10-13-12-9-5-1-2-6-15(9)10/h1-2,5-6,16H,3-4,7H2,(H2,11,14). The summed E-state index contributed by atoms with van der Waals surface area (Å²) in [4.78, 5) is 0. The molecular weight excluding hydrogens is 238 g/mol. The molecular formula is C10H13N5OS. The normalized spacial score (nSPS) is 12.1. The quantitative estimate of drug-likeness (QED) is 0.209. The van der Waals surface area contributed by atoms with Gasteiger partial charge in [0, 0.05) is 18.4 Å². The third-order valence-electron chi connectivity index (χ3n) is 2.22. The minimum absolute atomic E-state index is 0.261. The summed E-state index contributed by atoms with van der Waals surface area (Å²) in [6, 6.07) is 5.78. The van der Waals surface area contributed by atoms with Crippen LogP contribution in [0.5, 0.6) is 0 Å². The Kier molecular flexibility index (Phi) is 3.81. The number of rotatable bonds is 5. The third kappa shape index (κ3) is 2.88. The monoisotopic (exact) mass is 251 g/mol. The Morgan fingerprint density at radius 1 is 1.47 bits per heavy atom. The largest absolute Gasteiger partial charge is 0.409 e. The van der Waals surface area contributed by atoms with Crippen molar-refractivity contribution in [3.8, 4) is 0 Å². The van der Waals surface area contributed by atoms with E-state index in [0.717, 1.165) is 23.0 Å². The number of pyridine rings is 1. The van der Waals surface area contributed by atoms with Gasteiger partial charge >= 0.3 is 0 Å². The zero-order chi connectivity index (χ0) is 12.1. The molecule has 0 atom stereocenters. The zero-order valence-corrected chi connectivity index (χ0v) is 9.97. The van der Waals surface area contributed by atoms with Crippen LogP contribution in [-0.2, 0) is 0 Å². The lowest BCUT2D eigenvalue weighted by atomic mass is 10.3. The average Bonchev–Trinajstić information content (AvgIpc) is 2.78. The van der Waals surface area contributed by atoms with Crippen LogP contribution in [0.25, 0.3) is 5.65 Å². The van der Waals surface area contributed by atoms with Gasteiger partial charge in [-0.1, -0.05) is 23.0 Å². The lowest BCUT2D eigenvalue weighted by Crippen LogP contribution is -2.11. The second kappa shape index (κ2) is 5.53. The summed E-state index contributed by atoms with van der Waals surface area (Å²) >= 11 is 1.61. The van der Waals surface area contributed by atoms with Gasteiger partial charge in [0.05, 0.1) is 0 Å². The Balaban J connectivity index is 1.91. The SMILES string of the molecule is NC(CCCSc1nnc2ccccn12)=NO. The highest BCUT2D eigenvalue weighted by molar-refractivity contribution is 7.99. The van der Waals surface area contributed by atoms with Gasteiger partial charge in [0.25, 0.3) is 0 Å². The Bertz CT molecular complexity index is 524. The van der Waals surface area contributed by atoms with Gasteiger partial charge in [-0.05, 0) is 18.6 Å². The second-order valence-corrected chi connectivity index (χ2v) is 4.52. The number of nitrogens with two attached hydrogens (primary N) is 1. The van der Waals surface area contributed by atoms with Crippen molar-refractivity contribution in [2.45, 2.75) is 18.0 Å². The number of hydrogen-bond donors (Lipinski definition) is 2. The van der Waals surface area contributed by atoms with Crippen molar-refractivity contribution >= 4 is 23.2 Å². The van der Waals surface area contributed by atoms with Crippen LogP contribution >= 0.6 is 11.8 Å². The number of hydrogen-bond acceptors (Lipinski definition) is 5. The molecule has 0 bridgehead atoms. The maximum absolute atomic E-state index is 8.39. The van der Waals surface area contributed by atoms with Gasteiger partial charge in [0.2, 0.25) is 0 Å². The lowest BCUT2D eigenvalue weighted by Gasteiger charge is -1.99. The molecule has 0 spiro atoms. The Hall–Kier alpha value is -1.76. The van der Waals surface area contributed by atoms with E-state index in [9.17, 15) is 0 Å². The molecule has 0 saturated heterocycles. The highest BCUT2D eigenvalue weighted by atomic mass is 32.2. The fourth-order valence-corrected chi connectivity index (χ4v) is 2.25. The molecule has 2 aromatic heterocycles. The average molecular weight is 251 g/mol. The Morgan fingerprint density at radius 3 is 3.18 bits per heavy atom. The van der Waals surface area contributed by atoms with Gasteiger partial charge in [-0.25, -0.2) is 0 Å². The van der Waals surface area contributed by atoms with Crippen LogP contribution in [-0.4, -0.2) is 31.4 Å². The number of fused-ring (bicyclic) bond motifs is 1. The van der Waals surface area contributed by atoms with Crippen LogP contribution in [0.3, 0.4) is 0 Å². The molecule has 0 amide bonds. The maximum atomic E-state index is 8.39. The molecule has 2 aromatic rings. The summed E-state index contributed by atoms with van der Waals surface area (Å²) in [5.41, 5.74) is 6.22. The van der Waals surface area contributed by atoms with E-state index >= 15 is 0 Å².